The Morgan fingerprint density at radius 2 is 2.12 bits per heavy atom. The Morgan fingerprint density at radius 3 is 2.71 bits per heavy atom. The molecule has 1 rings (SSSR count). The van der Waals surface area contributed by atoms with Gasteiger partial charge < -0.3 is 4.90 Å². The van der Waals surface area contributed by atoms with Gasteiger partial charge in [0.25, 0.3) is 0 Å². The fourth-order valence-corrected chi connectivity index (χ4v) is 2.43. The van der Waals surface area contributed by atoms with E-state index >= 15 is 0 Å². The molecule has 0 aliphatic carbocycles. The van der Waals surface area contributed by atoms with Crippen molar-refractivity contribution in [1.29, 1.82) is 0 Å². The molecule has 1 aromatic heterocycles. The topological polar surface area (TPSA) is 33.2 Å². The summed E-state index contributed by atoms with van der Waals surface area (Å²) in [6, 6.07) is 3.63. The van der Waals surface area contributed by atoms with Gasteiger partial charge in [0.2, 0.25) is 0 Å². The first-order chi connectivity index (χ1) is 8.17. The van der Waals surface area contributed by atoms with Crippen LogP contribution in [0, 0.1) is 0 Å². The molecule has 0 atom stereocenters. The molecule has 1 heterocycles. The lowest BCUT2D eigenvalue weighted by atomic mass is 10.2. The van der Waals surface area contributed by atoms with Gasteiger partial charge >= 0.3 is 0 Å². The van der Waals surface area contributed by atoms with Gasteiger partial charge in [-0.05, 0) is 32.1 Å². The molecule has 0 amide bonds. The smallest absolute Gasteiger partial charge is 0.159 e. The van der Waals surface area contributed by atoms with E-state index in [4.69, 9.17) is 0 Å². The maximum Gasteiger partial charge on any atom is 0.159 e. The van der Waals surface area contributed by atoms with E-state index in [9.17, 15) is 4.79 Å². The third-order valence-corrected chi connectivity index (χ3v) is 3.60. The monoisotopic (exact) mass is 252 g/mol. The predicted octanol–water partition coefficient (Wildman–Crippen LogP) is 2.72. The van der Waals surface area contributed by atoms with E-state index in [-0.39, 0.29) is 5.78 Å². The highest BCUT2D eigenvalue weighted by atomic mass is 32.2. The normalized spacial score (nSPS) is 10.8. The molecular formula is C13H20N2OS. The highest BCUT2D eigenvalue weighted by Gasteiger charge is 2.03. The van der Waals surface area contributed by atoms with E-state index in [1.54, 1.807) is 30.9 Å². The Hall–Kier alpha value is -0.870. The van der Waals surface area contributed by atoms with Gasteiger partial charge in [-0.15, -0.1) is 11.8 Å². The van der Waals surface area contributed by atoms with Gasteiger partial charge in [-0.2, -0.15) is 0 Å². The summed E-state index contributed by atoms with van der Waals surface area (Å²) >= 11 is 1.71. The SMILES string of the molecule is CCN(CC)CCSc1cc(C(C)=O)ccn1. The Kier molecular flexibility index (Phi) is 6.22. The second-order valence-corrected chi connectivity index (χ2v) is 4.93. The molecule has 0 saturated heterocycles. The second kappa shape index (κ2) is 7.45. The quantitative estimate of drug-likeness (QED) is 0.552. The largest absolute Gasteiger partial charge is 0.303 e. The van der Waals surface area contributed by atoms with Gasteiger partial charge in [0.15, 0.2) is 5.78 Å². The van der Waals surface area contributed by atoms with Gasteiger partial charge in [0.1, 0.15) is 0 Å². The summed E-state index contributed by atoms with van der Waals surface area (Å²) in [5, 5.41) is 0.935. The molecule has 0 spiro atoms. The van der Waals surface area contributed by atoms with E-state index in [1.165, 1.54) is 0 Å². The number of thioether (sulfide) groups is 1. The average molecular weight is 252 g/mol. The third-order valence-electron chi connectivity index (χ3n) is 2.69. The molecule has 0 unspecified atom stereocenters. The van der Waals surface area contributed by atoms with Crippen molar-refractivity contribution in [1.82, 2.24) is 9.88 Å². The van der Waals surface area contributed by atoms with Crippen LogP contribution in [0.4, 0.5) is 0 Å². The first kappa shape index (κ1) is 14.2. The minimum atomic E-state index is 0.0954. The van der Waals surface area contributed by atoms with Crippen LogP contribution in [0.2, 0.25) is 0 Å². The number of Topliss-reactive ketones (excluding diaryl/α,β-unsaturated/α-hetero) is 1. The van der Waals surface area contributed by atoms with Gasteiger partial charge in [-0.25, -0.2) is 4.98 Å². The molecule has 0 bridgehead atoms. The molecular weight excluding hydrogens is 232 g/mol. The number of aromatic nitrogens is 1. The van der Waals surface area contributed by atoms with Crippen LogP contribution >= 0.6 is 11.8 Å². The van der Waals surface area contributed by atoms with Crippen LogP contribution in [0.5, 0.6) is 0 Å². The summed E-state index contributed by atoms with van der Waals surface area (Å²) in [5.41, 5.74) is 0.741. The molecule has 0 fully saturated rings. The van der Waals surface area contributed by atoms with Crippen molar-refractivity contribution in [3.63, 3.8) is 0 Å². The van der Waals surface area contributed by atoms with Crippen molar-refractivity contribution in [3.8, 4) is 0 Å². The molecule has 4 heteroatoms. The van der Waals surface area contributed by atoms with E-state index in [0.29, 0.717) is 0 Å². The van der Waals surface area contributed by atoms with Crippen LogP contribution in [-0.4, -0.2) is 41.1 Å². The van der Waals surface area contributed by atoms with Gasteiger partial charge in [-0.1, -0.05) is 13.8 Å². The lowest BCUT2D eigenvalue weighted by molar-refractivity contribution is 0.101. The fourth-order valence-electron chi connectivity index (χ4n) is 1.53. The molecule has 1 aromatic rings. The molecule has 0 saturated carbocycles. The molecule has 17 heavy (non-hydrogen) atoms. The number of rotatable bonds is 7. The molecule has 0 radical (unpaired) electrons. The summed E-state index contributed by atoms with van der Waals surface area (Å²) in [4.78, 5) is 17.9. The van der Waals surface area contributed by atoms with E-state index in [1.807, 2.05) is 6.07 Å². The first-order valence-electron chi connectivity index (χ1n) is 5.99. The third kappa shape index (κ3) is 4.88. The van der Waals surface area contributed by atoms with Crippen LogP contribution in [-0.2, 0) is 0 Å². The number of ketones is 1. The zero-order chi connectivity index (χ0) is 12.7. The summed E-state index contributed by atoms with van der Waals surface area (Å²) < 4.78 is 0. The zero-order valence-electron chi connectivity index (χ0n) is 10.8. The molecule has 0 aliphatic rings. The number of pyridine rings is 1. The van der Waals surface area contributed by atoms with Gasteiger partial charge in [-0.3, -0.25) is 4.79 Å². The Morgan fingerprint density at radius 1 is 1.41 bits per heavy atom. The summed E-state index contributed by atoms with van der Waals surface area (Å²) in [5.74, 6) is 1.11. The average Bonchev–Trinajstić information content (AvgIpc) is 2.35. The van der Waals surface area contributed by atoms with Crippen molar-refractivity contribution in [2.75, 3.05) is 25.4 Å². The van der Waals surface area contributed by atoms with Crippen molar-refractivity contribution in [3.05, 3.63) is 23.9 Å². The number of hydrogen-bond donors (Lipinski definition) is 0. The van der Waals surface area contributed by atoms with Crippen LogP contribution in [0.15, 0.2) is 23.4 Å². The highest BCUT2D eigenvalue weighted by Crippen LogP contribution is 2.16. The number of carbonyl (C=O) groups excluding carboxylic acids is 1. The first-order valence-corrected chi connectivity index (χ1v) is 6.98. The molecule has 3 nitrogen and oxygen atoms in total. The Labute approximate surface area is 108 Å². The van der Waals surface area contributed by atoms with E-state index in [2.05, 4.69) is 23.7 Å². The predicted molar refractivity (Wildman–Crippen MR) is 72.8 cm³/mol. The van der Waals surface area contributed by atoms with Gasteiger partial charge in [0.05, 0.1) is 5.03 Å². The minimum absolute atomic E-state index is 0.0954. The molecule has 0 aromatic carbocycles. The van der Waals surface area contributed by atoms with Crippen LogP contribution < -0.4 is 0 Å². The van der Waals surface area contributed by atoms with Crippen molar-refractivity contribution in [2.24, 2.45) is 0 Å². The Balaban J connectivity index is 2.46. The summed E-state index contributed by atoms with van der Waals surface area (Å²) in [7, 11) is 0. The summed E-state index contributed by atoms with van der Waals surface area (Å²) in [6.07, 6.45) is 1.70. The van der Waals surface area contributed by atoms with E-state index < -0.39 is 0 Å². The minimum Gasteiger partial charge on any atom is -0.303 e. The fraction of sp³-hybridized carbons (Fsp3) is 0.538. The number of carbonyl (C=O) groups is 1. The summed E-state index contributed by atoms with van der Waals surface area (Å²) in [6.45, 7) is 9.14. The van der Waals surface area contributed by atoms with Crippen LogP contribution in [0.3, 0.4) is 0 Å². The van der Waals surface area contributed by atoms with Gasteiger partial charge in [0, 0.05) is 24.1 Å². The molecule has 0 aliphatic heterocycles. The van der Waals surface area contributed by atoms with Crippen molar-refractivity contribution < 1.29 is 4.79 Å². The van der Waals surface area contributed by atoms with Crippen LogP contribution in [0.1, 0.15) is 31.1 Å². The lowest BCUT2D eigenvalue weighted by Gasteiger charge is -2.17. The highest BCUT2D eigenvalue weighted by molar-refractivity contribution is 7.99. The van der Waals surface area contributed by atoms with Crippen molar-refractivity contribution >= 4 is 17.5 Å². The van der Waals surface area contributed by atoms with Crippen LogP contribution in [0.25, 0.3) is 0 Å². The lowest BCUT2D eigenvalue weighted by Crippen LogP contribution is -2.25. The second-order valence-electron chi connectivity index (χ2n) is 3.81. The molecule has 94 valence electrons. The standard InChI is InChI=1S/C13H20N2OS/c1-4-15(5-2)8-9-17-13-10-12(11(3)16)6-7-14-13/h6-7,10H,4-5,8-9H2,1-3H3. The maximum atomic E-state index is 11.2. The van der Waals surface area contributed by atoms with E-state index in [0.717, 1.165) is 36.0 Å². The number of hydrogen-bond acceptors (Lipinski definition) is 4. The molecule has 0 N–H and O–H groups in total. The Bertz CT molecular complexity index is 364. The van der Waals surface area contributed by atoms with Crippen molar-refractivity contribution in [2.45, 2.75) is 25.8 Å². The number of nitrogens with zero attached hydrogens (tertiary/aromatic N) is 2. The maximum absolute atomic E-state index is 11.2. The zero-order valence-corrected chi connectivity index (χ0v) is 11.6.